The lowest BCUT2D eigenvalue weighted by molar-refractivity contribution is 0.832. The van der Waals surface area contributed by atoms with Gasteiger partial charge in [0.05, 0.1) is 0 Å². The van der Waals surface area contributed by atoms with Crippen LogP contribution in [0.25, 0.3) is 11.6 Å². The summed E-state index contributed by atoms with van der Waals surface area (Å²) in [5, 5.41) is 0. The quantitative estimate of drug-likeness (QED) is 0.499. The van der Waals surface area contributed by atoms with Gasteiger partial charge in [0.1, 0.15) is 0 Å². The minimum absolute atomic E-state index is 0.558. The Morgan fingerprint density at radius 1 is 0.842 bits per heavy atom. The van der Waals surface area contributed by atoms with Crippen LogP contribution in [0, 0.1) is 5.92 Å². The Kier molecular flexibility index (Phi) is 4.74. The zero-order valence-electron chi connectivity index (χ0n) is 11.6. The van der Waals surface area contributed by atoms with Crippen LogP contribution in [-0.4, -0.2) is 0 Å². The van der Waals surface area contributed by atoms with E-state index in [1.165, 1.54) is 16.7 Å². The van der Waals surface area contributed by atoms with Crippen LogP contribution in [0.15, 0.2) is 72.8 Å². The van der Waals surface area contributed by atoms with E-state index >= 15 is 0 Å². The van der Waals surface area contributed by atoms with E-state index in [1.54, 1.807) is 0 Å². The summed E-state index contributed by atoms with van der Waals surface area (Å²) in [6, 6.07) is 21.0. The van der Waals surface area contributed by atoms with E-state index in [9.17, 15) is 0 Å². The summed E-state index contributed by atoms with van der Waals surface area (Å²) in [7, 11) is 0. The van der Waals surface area contributed by atoms with Crippen LogP contribution >= 0.6 is 0 Å². The lowest BCUT2D eigenvalue weighted by atomic mass is 10.0. The number of allylic oxidation sites excluding steroid dienone is 3. The topological polar surface area (TPSA) is 0 Å². The fourth-order valence-corrected chi connectivity index (χ4v) is 1.88. The van der Waals surface area contributed by atoms with Gasteiger partial charge in [0.25, 0.3) is 0 Å². The summed E-state index contributed by atoms with van der Waals surface area (Å²) in [6.45, 7) is 4.39. The molecule has 0 spiro atoms. The molecule has 19 heavy (non-hydrogen) atoms. The molecule has 0 aromatic heterocycles. The van der Waals surface area contributed by atoms with Gasteiger partial charge in [-0.3, -0.25) is 0 Å². The average molecular weight is 248 g/mol. The molecule has 2 rings (SSSR count). The van der Waals surface area contributed by atoms with Crippen molar-refractivity contribution < 1.29 is 0 Å². The van der Waals surface area contributed by atoms with Crippen molar-refractivity contribution in [3.8, 4) is 0 Å². The maximum atomic E-state index is 2.24. The van der Waals surface area contributed by atoms with E-state index < -0.39 is 0 Å². The first-order chi connectivity index (χ1) is 9.25. The summed E-state index contributed by atoms with van der Waals surface area (Å²) in [6.07, 6.45) is 6.68. The van der Waals surface area contributed by atoms with Crippen molar-refractivity contribution in [2.45, 2.75) is 13.8 Å². The second kappa shape index (κ2) is 6.75. The molecule has 0 saturated heterocycles. The van der Waals surface area contributed by atoms with Gasteiger partial charge in [0, 0.05) is 0 Å². The maximum absolute atomic E-state index is 2.24. The smallest absolute Gasteiger partial charge is 0.0181 e. The van der Waals surface area contributed by atoms with Gasteiger partial charge in [-0.1, -0.05) is 86.7 Å². The highest BCUT2D eigenvalue weighted by atomic mass is 14.0. The third-order valence-electron chi connectivity index (χ3n) is 2.89. The Morgan fingerprint density at radius 2 is 1.42 bits per heavy atom. The second-order valence-electron chi connectivity index (χ2n) is 4.98. The molecule has 0 aliphatic rings. The van der Waals surface area contributed by atoms with Crippen LogP contribution in [0.4, 0.5) is 0 Å². The number of benzene rings is 2. The molecule has 0 N–H and O–H groups in total. The van der Waals surface area contributed by atoms with E-state index in [1.807, 2.05) is 6.07 Å². The van der Waals surface area contributed by atoms with E-state index in [0.717, 1.165) is 0 Å². The van der Waals surface area contributed by atoms with Crippen molar-refractivity contribution in [1.29, 1.82) is 0 Å². The third-order valence-corrected chi connectivity index (χ3v) is 2.89. The van der Waals surface area contributed by atoms with Gasteiger partial charge in [0.2, 0.25) is 0 Å². The Labute approximate surface area is 116 Å². The molecular weight excluding hydrogens is 228 g/mol. The fourth-order valence-electron chi connectivity index (χ4n) is 1.88. The van der Waals surface area contributed by atoms with Crippen LogP contribution in [0.5, 0.6) is 0 Å². The molecule has 0 amide bonds. The molecule has 0 heterocycles. The molecule has 0 fully saturated rings. The molecule has 0 heteroatoms. The van der Waals surface area contributed by atoms with Crippen molar-refractivity contribution in [3.63, 3.8) is 0 Å². The molecule has 96 valence electrons. The highest BCUT2D eigenvalue weighted by Crippen LogP contribution is 2.20. The molecule has 0 saturated carbocycles. The van der Waals surface area contributed by atoms with Gasteiger partial charge in [-0.2, -0.15) is 0 Å². The lowest BCUT2D eigenvalue weighted by Crippen LogP contribution is -1.83. The van der Waals surface area contributed by atoms with Crippen LogP contribution in [0.2, 0.25) is 0 Å². The molecule has 0 radical (unpaired) electrons. The van der Waals surface area contributed by atoms with Gasteiger partial charge in [-0.25, -0.2) is 0 Å². The Bertz CT molecular complexity index is 545. The standard InChI is InChI=1S/C19H20/c1-16(2)13-14-19(18-11-7-4-8-12-18)15-17-9-5-3-6-10-17/h3-16H,1-2H3/b14-13+,19-15-. The Hall–Kier alpha value is -2.08. The number of hydrogen-bond donors (Lipinski definition) is 0. The van der Waals surface area contributed by atoms with E-state index in [0.29, 0.717) is 5.92 Å². The highest BCUT2D eigenvalue weighted by molar-refractivity contribution is 5.87. The van der Waals surface area contributed by atoms with Gasteiger partial charge < -0.3 is 0 Å². The van der Waals surface area contributed by atoms with Gasteiger partial charge >= 0.3 is 0 Å². The summed E-state index contributed by atoms with van der Waals surface area (Å²) in [5.74, 6) is 0.558. The average Bonchev–Trinajstić information content (AvgIpc) is 2.45. The molecule has 0 aliphatic carbocycles. The molecule has 2 aromatic carbocycles. The monoisotopic (exact) mass is 248 g/mol. The minimum atomic E-state index is 0.558. The van der Waals surface area contributed by atoms with Crippen LogP contribution in [0.1, 0.15) is 25.0 Å². The molecule has 0 aliphatic heterocycles. The summed E-state index contributed by atoms with van der Waals surface area (Å²) >= 11 is 0. The lowest BCUT2D eigenvalue weighted by Gasteiger charge is -2.04. The second-order valence-corrected chi connectivity index (χ2v) is 4.98. The first kappa shape index (κ1) is 13.4. The zero-order chi connectivity index (χ0) is 13.5. The summed E-state index contributed by atoms with van der Waals surface area (Å²) in [4.78, 5) is 0. The molecular formula is C19H20. The molecule has 0 bridgehead atoms. The van der Waals surface area contributed by atoms with Gasteiger partial charge in [0.15, 0.2) is 0 Å². The van der Waals surface area contributed by atoms with Crippen LogP contribution < -0.4 is 0 Å². The number of hydrogen-bond acceptors (Lipinski definition) is 0. The highest BCUT2D eigenvalue weighted by Gasteiger charge is 1.98. The molecule has 0 nitrogen and oxygen atoms in total. The van der Waals surface area contributed by atoms with E-state index in [2.05, 4.69) is 86.7 Å². The minimum Gasteiger partial charge on any atom is -0.0814 e. The third kappa shape index (κ3) is 4.26. The summed E-state index contributed by atoms with van der Waals surface area (Å²) in [5.41, 5.74) is 3.73. The Balaban J connectivity index is 2.38. The largest absolute Gasteiger partial charge is 0.0814 e. The van der Waals surface area contributed by atoms with Crippen LogP contribution in [0.3, 0.4) is 0 Å². The molecule has 0 atom stereocenters. The van der Waals surface area contributed by atoms with Crippen molar-refractivity contribution in [2.75, 3.05) is 0 Å². The predicted molar refractivity (Wildman–Crippen MR) is 84.7 cm³/mol. The molecule has 2 aromatic rings. The first-order valence-corrected chi connectivity index (χ1v) is 6.76. The van der Waals surface area contributed by atoms with Crippen molar-refractivity contribution in [2.24, 2.45) is 5.92 Å². The van der Waals surface area contributed by atoms with E-state index in [-0.39, 0.29) is 0 Å². The first-order valence-electron chi connectivity index (χ1n) is 6.76. The normalized spacial score (nSPS) is 12.3. The zero-order valence-corrected chi connectivity index (χ0v) is 11.6. The van der Waals surface area contributed by atoms with Gasteiger partial charge in [-0.05, 0) is 28.7 Å². The van der Waals surface area contributed by atoms with Crippen LogP contribution in [-0.2, 0) is 0 Å². The predicted octanol–water partition coefficient (Wildman–Crippen LogP) is 5.44. The molecule has 0 unspecified atom stereocenters. The van der Waals surface area contributed by atoms with Crippen molar-refractivity contribution >= 4 is 11.6 Å². The summed E-state index contributed by atoms with van der Waals surface area (Å²) < 4.78 is 0. The van der Waals surface area contributed by atoms with E-state index in [4.69, 9.17) is 0 Å². The maximum Gasteiger partial charge on any atom is -0.0181 e. The fraction of sp³-hybridized carbons (Fsp3) is 0.158. The van der Waals surface area contributed by atoms with Crippen molar-refractivity contribution in [3.05, 3.63) is 83.9 Å². The Morgan fingerprint density at radius 3 is 2.00 bits per heavy atom. The van der Waals surface area contributed by atoms with Gasteiger partial charge in [-0.15, -0.1) is 0 Å². The number of rotatable bonds is 4. The van der Waals surface area contributed by atoms with Crippen molar-refractivity contribution in [1.82, 2.24) is 0 Å². The SMILES string of the molecule is CC(C)/C=C/C(=C/c1ccccc1)c1ccccc1.